The zero-order chi connectivity index (χ0) is 9.14. The molecular formula is C9H13NO2. The second-order valence-electron chi connectivity index (χ2n) is 2.68. The van der Waals surface area contributed by atoms with Gasteiger partial charge in [0.05, 0.1) is 0 Å². The third-order valence-corrected chi connectivity index (χ3v) is 2.03. The summed E-state index contributed by atoms with van der Waals surface area (Å²) < 4.78 is 0. The first-order chi connectivity index (χ1) is 5.70. The fourth-order valence-corrected chi connectivity index (χ4v) is 1.40. The van der Waals surface area contributed by atoms with E-state index in [1.165, 1.54) is 0 Å². The SMILES string of the molecule is CCc1c[nH]c(C(=O)O)c1CC. The molecule has 0 fully saturated rings. The number of aromatic nitrogens is 1. The van der Waals surface area contributed by atoms with Gasteiger partial charge in [0.1, 0.15) is 5.69 Å². The lowest BCUT2D eigenvalue weighted by molar-refractivity contribution is 0.0690. The lowest BCUT2D eigenvalue weighted by Gasteiger charge is -1.98. The predicted molar refractivity (Wildman–Crippen MR) is 46.5 cm³/mol. The van der Waals surface area contributed by atoms with E-state index in [9.17, 15) is 4.79 Å². The van der Waals surface area contributed by atoms with Gasteiger partial charge in [0.2, 0.25) is 0 Å². The number of aromatic amines is 1. The molecule has 0 saturated heterocycles. The van der Waals surface area contributed by atoms with E-state index in [0.29, 0.717) is 5.69 Å². The van der Waals surface area contributed by atoms with Crippen molar-refractivity contribution in [2.75, 3.05) is 0 Å². The number of hydrogen-bond acceptors (Lipinski definition) is 1. The Morgan fingerprint density at radius 2 is 2.17 bits per heavy atom. The molecule has 1 heterocycles. The molecule has 0 saturated carbocycles. The number of hydrogen-bond donors (Lipinski definition) is 2. The summed E-state index contributed by atoms with van der Waals surface area (Å²) in [6, 6.07) is 0. The van der Waals surface area contributed by atoms with E-state index in [2.05, 4.69) is 4.98 Å². The number of nitrogens with one attached hydrogen (secondary N) is 1. The molecule has 66 valence electrons. The minimum Gasteiger partial charge on any atom is -0.477 e. The Morgan fingerprint density at radius 1 is 1.50 bits per heavy atom. The Morgan fingerprint density at radius 3 is 2.58 bits per heavy atom. The van der Waals surface area contributed by atoms with Crippen LogP contribution in [-0.4, -0.2) is 16.1 Å². The molecule has 0 atom stereocenters. The standard InChI is InChI=1S/C9H13NO2/c1-3-6-5-10-8(9(11)12)7(6)4-2/h5,10H,3-4H2,1-2H3,(H,11,12). The number of H-pyrrole nitrogens is 1. The summed E-state index contributed by atoms with van der Waals surface area (Å²) in [5, 5.41) is 8.77. The van der Waals surface area contributed by atoms with E-state index in [-0.39, 0.29) is 0 Å². The van der Waals surface area contributed by atoms with Crippen molar-refractivity contribution in [2.24, 2.45) is 0 Å². The van der Waals surface area contributed by atoms with Crippen molar-refractivity contribution in [3.8, 4) is 0 Å². The van der Waals surface area contributed by atoms with E-state index in [0.717, 1.165) is 24.0 Å². The van der Waals surface area contributed by atoms with Gasteiger partial charge in [-0.3, -0.25) is 0 Å². The third kappa shape index (κ3) is 1.35. The zero-order valence-corrected chi connectivity index (χ0v) is 7.35. The number of rotatable bonds is 3. The van der Waals surface area contributed by atoms with Gasteiger partial charge in [0.15, 0.2) is 0 Å². The zero-order valence-electron chi connectivity index (χ0n) is 7.35. The highest BCUT2D eigenvalue weighted by Crippen LogP contribution is 2.15. The van der Waals surface area contributed by atoms with Crippen LogP contribution in [0.1, 0.15) is 35.5 Å². The summed E-state index contributed by atoms with van der Waals surface area (Å²) in [7, 11) is 0. The molecule has 1 aromatic rings. The van der Waals surface area contributed by atoms with Crippen molar-refractivity contribution in [1.29, 1.82) is 0 Å². The Bertz CT molecular complexity index is 289. The van der Waals surface area contributed by atoms with E-state index in [1.54, 1.807) is 6.20 Å². The van der Waals surface area contributed by atoms with Gasteiger partial charge in [-0.2, -0.15) is 0 Å². The van der Waals surface area contributed by atoms with Crippen LogP contribution >= 0.6 is 0 Å². The number of carboxylic acids is 1. The smallest absolute Gasteiger partial charge is 0.352 e. The molecule has 1 aromatic heterocycles. The average molecular weight is 167 g/mol. The summed E-state index contributed by atoms with van der Waals surface area (Å²) in [4.78, 5) is 13.5. The van der Waals surface area contributed by atoms with Crippen molar-refractivity contribution in [3.63, 3.8) is 0 Å². The van der Waals surface area contributed by atoms with Gasteiger partial charge in [-0.25, -0.2) is 4.79 Å². The molecule has 3 heteroatoms. The number of aromatic carboxylic acids is 1. The second-order valence-corrected chi connectivity index (χ2v) is 2.68. The molecule has 0 aliphatic rings. The molecule has 0 bridgehead atoms. The van der Waals surface area contributed by atoms with Crippen molar-refractivity contribution >= 4 is 5.97 Å². The van der Waals surface area contributed by atoms with Crippen LogP contribution in [0.2, 0.25) is 0 Å². The van der Waals surface area contributed by atoms with Crippen LogP contribution in [0.4, 0.5) is 0 Å². The predicted octanol–water partition coefficient (Wildman–Crippen LogP) is 1.84. The van der Waals surface area contributed by atoms with E-state index in [4.69, 9.17) is 5.11 Å². The molecule has 2 N–H and O–H groups in total. The maximum Gasteiger partial charge on any atom is 0.352 e. The summed E-state index contributed by atoms with van der Waals surface area (Å²) in [6.45, 7) is 3.99. The lowest BCUT2D eigenvalue weighted by atomic mass is 10.1. The van der Waals surface area contributed by atoms with Crippen LogP contribution in [-0.2, 0) is 12.8 Å². The van der Waals surface area contributed by atoms with E-state index < -0.39 is 5.97 Å². The van der Waals surface area contributed by atoms with Crippen LogP contribution in [0.25, 0.3) is 0 Å². The number of carboxylic acid groups (broad SMARTS) is 1. The molecule has 0 aliphatic carbocycles. The minimum atomic E-state index is -0.869. The molecule has 0 aliphatic heterocycles. The fourth-order valence-electron chi connectivity index (χ4n) is 1.40. The molecule has 0 radical (unpaired) electrons. The largest absolute Gasteiger partial charge is 0.477 e. The molecular weight excluding hydrogens is 154 g/mol. The monoisotopic (exact) mass is 167 g/mol. The van der Waals surface area contributed by atoms with Gasteiger partial charge in [-0.1, -0.05) is 13.8 Å². The van der Waals surface area contributed by atoms with Crippen LogP contribution in [0.3, 0.4) is 0 Å². The Kier molecular flexibility index (Phi) is 2.53. The highest BCUT2D eigenvalue weighted by atomic mass is 16.4. The topological polar surface area (TPSA) is 53.1 Å². The molecule has 0 amide bonds. The van der Waals surface area contributed by atoms with Crippen LogP contribution < -0.4 is 0 Å². The Hall–Kier alpha value is -1.25. The van der Waals surface area contributed by atoms with Crippen molar-refractivity contribution < 1.29 is 9.90 Å². The van der Waals surface area contributed by atoms with Crippen molar-refractivity contribution in [2.45, 2.75) is 26.7 Å². The number of aryl methyl sites for hydroxylation is 1. The summed E-state index contributed by atoms with van der Waals surface area (Å²) in [5.41, 5.74) is 2.38. The Balaban J connectivity index is 3.13. The van der Waals surface area contributed by atoms with Gasteiger partial charge in [-0.15, -0.1) is 0 Å². The highest BCUT2D eigenvalue weighted by molar-refractivity contribution is 5.87. The van der Waals surface area contributed by atoms with Gasteiger partial charge >= 0.3 is 5.97 Å². The van der Waals surface area contributed by atoms with E-state index >= 15 is 0 Å². The van der Waals surface area contributed by atoms with Crippen LogP contribution in [0, 0.1) is 0 Å². The first kappa shape index (κ1) is 8.84. The van der Waals surface area contributed by atoms with Gasteiger partial charge < -0.3 is 10.1 Å². The minimum absolute atomic E-state index is 0.342. The first-order valence-corrected chi connectivity index (χ1v) is 4.13. The van der Waals surface area contributed by atoms with Gasteiger partial charge in [0, 0.05) is 6.20 Å². The summed E-state index contributed by atoms with van der Waals surface area (Å²) >= 11 is 0. The number of carbonyl (C=O) groups is 1. The maximum absolute atomic E-state index is 10.7. The normalized spacial score (nSPS) is 10.2. The Labute approximate surface area is 71.4 Å². The highest BCUT2D eigenvalue weighted by Gasteiger charge is 2.13. The van der Waals surface area contributed by atoms with Crippen molar-refractivity contribution in [1.82, 2.24) is 4.98 Å². The van der Waals surface area contributed by atoms with Crippen LogP contribution in [0.5, 0.6) is 0 Å². The van der Waals surface area contributed by atoms with E-state index in [1.807, 2.05) is 13.8 Å². The van der Waals surface area contributed by atoms with Crippen molar-refractivity contribution in [3.05, 3.63) is 23.0 Å². The molecule has 12 heavy (non-hydrogen) atoms. The summed E-state index contributed by atoms with van der Waals surface area (Å²) in [5.74, 6) is -0.869. The lowest BCUT2D eigenvalue weighted by Crippen LogP contribution is -2.01. The molecule has 0 aromatic carbocycles. The van der Waals surface area contributed by atoms with Gasteiger partial charge in [-0.05, 0) is 24.0 Å². The fraction of sp³-hybridized carbons (Fsp3) is 0.444. The second kappa shape index (κ2) is 3.43. The average Bonchev–Trinajstić information content (AvgIpc) is 2.46. The molecule has 0 unspecified atom stereocenters. The summed E-state index contributed by atoms with van der Waals surface area (Å²) in [6.07, 6.45) is 3.43. The third-order valence-electron chi connectivity index (χ3n) is 2.03. The first-order valence-electron chi connectivity index (χ1n) is 4.13. The molecule has 0 spiro atoms. The quantitative estimate of drug-likeness (QED) is 0.721. The molecule has 3 nitrogen and oxygen atoms in total. The maximum atomic E-state index is 10.7. The molecule has 1 rings (SSSR count). The van der Waals surface area contributed by atoms with Crippen LogP contribution in [0.15, 0.2) is 6.20 Å². The van der Waals surface area contributed by atoms with Gasteiger partial charge in [0.25, 0.3) is 0 Å².